The van der Waals surface area contributed by atoms with Gasteiger partial charge in [0, 0.05) is 26.8 Å². The second-order valence-corrected chi connectivity index (χ2v) is 14.2. The van der Waals surface area contributed by atoms with Crippen LogP contribution in [0.15, 0.2) is 0 Å². The van der Waals surface area contributed by atoms with Gasteiger partial charge in [0.05, 0.1) is 19.8 Å². The lowest BCUT2D eigenvalue weighted by molar-refractivity contribution is -0.0178. The van der Waals surface area contributed by atoms with Crippen molar-refractivity contribution in [3.63, 3.8) is 0 Å². The lowest BCUT2D eigenvalue weighted by atomic mass is 10.0. The van der Waals surface area contributed by atoms with Gasteiger partial charge in [-0.1, -0.05) is 144 Å². The molecule has 0 bridgehead atoms. The molecule has 0 radical (unpaired) electrons. The minimum absolute atomic E-state index is 0.0548. The largest absolute Gasteiger partial charge is 0.379 e. The Balaban J connectivity index is 3.93. The van der Waals surface area contributed by atoms with Gasteiger partial charge in [-0.05, 0) is 24.7 Å². The molecule has 1 unspecified atom stereocenters. The van der Waals surface area contributed by atoms with E-state index in [4.69, 9.17) is 18.5 Å². The second-order valence-electron chi connectivity index (χ2n) is 12.6. The number of ether oxygens (including phenoxy) is 2. The van der Waals surface area contributed by atoms with Crippen LogP contribution in [0.25, 0.3) is 0 Å². The molecule has 242 valence electrons. The van der Waals surface area contributed by atoms with Crippen molar-refractivity contribution in [2.75, 3.05) is 46.6 Å². The first-order valence-corrected chi connectivity index (χ1v) is 18.5. The fourth-order valence-electron chi connectivity index (χ4n) is 4.84. The van der Waals surface area contributed by atoms with Crippen LogP contribution in [0.2, 0.25) is 0 Å². The quantitative estimate of drug-likeness (QED) is 0.0576. The fraction of sp³-hybridized carbons (Fsp3) is 1.00. The zero-order valence-corrected chi connectivity index (χ0v) is 29.1. The normalized spacial score (nSPS) is 13.7. The van der Waals surface area contributed by atoms with Crippen molar-refractivity contribution in [3.8, 4) is 0 Å². The number of methoxy groups -OCH3 is 1. The summed E-state index contributed by atoms with van der Waals surface area (Å²) < 4.78 is 26.7. The van der Waals surface area contributed by atoms with E-state index in [9.17, 15) is 0 Å². The first-order valence-electron chi connectivity index (χ1n) is 17.4. The second kappa shape index (κ2) is 30.7. The SMILES string of the molecule is CCCCCCCCCCCCCCCCCCOC[C@H](COP(OCCCC)N(CC(C)C)CC(C)C)OC. The minimum atomic E-state index is -1.08. The van der Waals surface area contributed by atoms with Crippen LogP contribution in [0.1, 0.15) is 157 Å². The highest BCUT2D eigenvalue weighted by Gasteiger charge is 2.25. The highest BCUT2D eigenvalue weighted by Crippen LogP contribution is 2.44. The van der Waals surface area contributed by atoms with Crippen LogP contribution in [0, 0.1) is 11.8 Å². The van der Waals surface area contributed by atoms with Gasteiger partial charge in [-0.15, -0.1) is 0 Å². The highest BCUT2D eigenvalue weighted by molar-refractivity contribution is 7.44. The molecule has 0 spiro atoms. The average molecular weight is 590 g/mol. The van der Waals surface area contributed by atoms with E-state index in [1.54, 1.807) is 7.11 Å². The summed E-state index contributed by atoms with van der Waals surface area (Å²) in [4.78, 5) is 0. The molecule has 0 fully saturated rings. The molecular formula is C34H72NO4P. The minimum Gasteiger partial charge on any atom is -0.379 e. The number of unbranched alkanes of at least 4 members (excludes halogenated alkanes) is 16. The average Bonchev–Trinajstić information content (AvgIpc) is 2.92. The summed E-state index contributed by atoms with van der Waals surface area (Å²) in [5.74, 6) is 1.15. The van der Waals surface area contributed by atoms with Crippen LogP contribution in [-0.4, -0.2) is 57.4 Å². The van der Waals surface area contributed by atoms with Crippen molar-refractivity contribution >= 4 is 8.53 Å². The van der Waals surface area contributed by atoms with Gasteiger partial charge in [-0.2, -0.15) is 0 Å². The van der Waals surface area contributed by atoms with E-state index in [-0.39, 0.29) is 6.10 Å². The zero-order chi connectivity index (χ0) is 29.7. The molecule has 0 aromatic rings. The molecule has 40 heavy (non-hydrogen) atoms. The van der Waals surface area contributed by atoms with Crippen LogP contribution >= 0.6 is 8.53 Å². The third-order valence-corrected chi connectivity index (χ3v) is 8.79. The molecule has 0 saturated carbocycles. The van der Waals surface area contributed by atoms with Crippen molar-refractivity contribution in [1.82, 2.24) is 4.67 Å². The topological polar surface area (TPSA) is 40.2 Å². The van der Waals surface area contributed by atoms with Crippen molar-refractivity contribution in [3.05, 3.63) is 0 Å². The van der Waals surface area contributed by atoms with Crippen LogP contribution in [0.4, 0.5) is 0 Å². The molecule has 0 amide bonds. The summed E-state index contributed by atoms with van der Waals surface area (Å²) in [6.07, 6.45) is 24.4. The maximum atomic E-state index is 6.36. The molecule has 0 aromatic heterocycles. The number of hydrogen-bond donors (Lipinski definition) is 0. The summed E-state index contributed by atoms with van der Waals surface area (Å²) in [6, 6.07) is 0. The van der Waals surface area contributed by atoms with Gasteiger partial charge in [-0.3, -0.25) is 0 Å². The van der Waals surface area contributed by atoms with Gasteiger partial charge in [-0.25, -0.2) is 4.67 Å². The zero-order valence-electron chi connectivity index (χ0n) is 28.2. The lowest BCUT2D eigenvalue weighted by Gasteiger charge is -2.32. The van der Waals surface area contributed by atoms with Crippen molar-refractivity contribution < 1.29 is 18.5 Å². The third kappa shape index (κ3) is 27.1. The summed E-state index contributed by atoms with van der Waals surface area (Å²) in [7, 11) is 0.674. The van der Waals surface area contributed by atoms with Crippen LogP contribution in [0.3, 0.4) is 0 Å². The summed E-state index contributed by atoms with van der Waals surface area (Å²) in [6.45, 7) is 18.2. The molecular weight excluding hydrogens is 517 g/mol. The van der Waals surface area contributed by atoms with E-state index in [2.05, 4.69) is 46.2 Å². The monoisotopic (exact) mass is 590 g/mol. The molecule has 0 heterocycles. The third-order valence-electron chi connectivity index (χ3n) is 7.23. The molecule has 0 N–H and O–H groups in total. The Morgan fingerprint density at radius 1 is 0.525 bits per heavy atom. The summed E-state index contributed by atoms with van der Waals surface area (Å²) in [5.41, 5.74) is 0. The highest BCUT2D eigenvalue weighted by atomic mass is 31.2. The Bertz CT molecular complexity index is 485. The van der Waals surface area contributed by atoms with Gasteiger partial charge in [0.1, 0.15) is 6.10 Å². The molecule has 0 saturated heterocycles. The maximum absolute atomic E-state index is 6.36. The number of rotatable bonds is 32. The molecule has 0 aliphatic rings. The Morgan fingerprint density at radius 3 is 1.40 bits per heavy atom. The summed E-state index contributed by atoms with van der Waals surface area (Å²) in [5, 5.41) is 0. The standard InChI is InChI=1S/C34H72NO4P/c1-8-10-12-13-14-15-16-17-18-19-20-21-22-23-24-25-26-37-30-34(36-7)31-39-40(38-27-11-9-2)35(28-32(3)4)29-33(5)6/h32-34H,8-31H2,1-7H3/t34-,40?/m1/s1. The fourth-order valence-corrected chi connectivity index (χ4v) is 6.74. The first-order chi connectivity index (χ1) is 19.4. The van der Waals surface area contributed by atoms with E-state index < -0.39 is 8.53 Å². The molecule has 0 aliphatic carbocycles. The van der Waals surface area contributed by atoms with Gasteiger partial charge >= 0.3 is 0 Å². The maximum Gasteiger partial charge on any atom is 0.258 e. The Labute approximate surface area is 253 Å². The van der Waals surface area contributed by atoms with Crippen LogP contribution < -0.4 is 0 Å². The van der Waals surface area contributed by atoms with Crippen LogP contribution in [0.5, 0.6) is 0 Å². The number of hydrogen-bond acceptors (Lipinski definition) is 5. The Hall–Kier alpha value is 0.230. The van der Waals surface area contributed by atoms with Gasteiger partial charge in [0.25, 0.3) is 8.53 Å². The molecule has 5 nitrogen and oxygen atoms in total. The van der Waals surface area contributed by atoms with E-state index in [1.165, 1.54) is 96.3 Å². The Morgan fingerprint density at radius 2 is 0.975 bits per heavy atom. The molecule has 0 aromatic carbocycles. The van der Waals surface area contributed by atoms with Crippen molar-refractivity contribution in [1.29, 1.82) is 0 Å². The first kappa shape index (κ1) is 40.2. The van der Waals surface area contributed by atoms with Crippen molar-refractivity contribution in [2.45, 2.75) is 163 Å². The predicted molar refractivity (Wildman–Crippen MR) is 176 cm³/mol. The van der Waals surface area contributed by atoms with Gasteiger partial charge < -0.3 is 18.5 Å². The van der Waals surface area contributed by atoms with Gasteiger partial charge in [0.15, 0.2) is 0 Å². The van der Waals surface area contributed by atoms with Crippen molar-refractivity contribution in [2.24, 2.45) is 11.8 Å². The van der Waals surface area contributed by atoms with E-state index in [1.807, 2.05) is 0 Å². The molecule has 0 rings (SSSR count). The smallest absolute Gasteiger partial charge is 0.258 e. The van der Waals surface area contributed by atoms with Crippen LogP contribution in [-0.2, 0) is 18.5 Å². The van der Waals surface area contributed by atoms with E-state index in [0.717, 1.165) is 45.6 Å². The van der Waals surface area contributed by atoms with E-state index in [0.29, 0.717) is 25.0 Å². The summed E-state index contributed by atoms with van der Waals surface area (Å²) >= 11 is 0. The Kier molecular flexibility index (Phi) is 30.9. The predicted octanol–water partition coefficient (Wildman–Crippen LogP) is 11.0. The van der Waals surface area contributed by atoms with Gasteiger partial charge in [0.2, 0.25) is 0 Å². The molecule has 0 aliphatic heterocycles. The molecule has 2 atom stereocenters. The number of nitrogens with zero attached hydrogens (tertiary/aromatic N) is 1. The lowest BCUT2D eigenvalue weighted by Crippen LogP contribution is -2.31. The van der Waals surface area contributed by atoms with E-state index >= 15 is 0 Å². The molecule has 6 heteroatoms.